The standard InChI is InChI=1S/C24H19N3O4S/c1-16-8-3-5-11-19(16)25-24-26(20-12-6-4-9-17(20)2)23(28)21(32-24)13-7-10-18-14-15-22(31-18)27(29)30/h3-15H,1-2H3/b10-7+,21-13-,25-24?. The van der Waals surface area contributed by atoms with Crippen LogP contribution < -0.4 is 4.90 Å². The van der Waals surface area contributed by atoms with Crippen LogP contribution in [-0.2, 0) is 4.79 Å². The summed E-state index contributed by atoms with van der Waals surface area (Å²) < 4.78 is 5.12. The van der Waals surface area contributed by atoms with Crippen LogP contribution >= 0.6 is 11.8 Å². The fourth-order valence-electron chi connectivity index (χ4n) is 3.14. The molecule has 0 aliphatic carbocycles. The molecule has 1 aliphatic heterocycles. The summed E-state index contributed by atoms with van der Waals surface area (Å²) in [5.74, 6) is -0.192. The van der Waals surface area contributed by atoms with Crippen molar-refractivity contribution in [3.8, 4) is 0 Å². The molecule has 0 N–H and O–H groups in total. The number of para-hydroxylation sites is 2. The molecule has 0 spiro atoms. The average Bonchev–Trinajstić information content (AvgIpc) is 3.36. The molecule has 2 heterocycles. The molecule has 4 rings (SSSR count). The van der Waals surface area contributed by atoms with Crippen molar-refractivity contribution in [3.05, 3.63) is 105 Å². The van der Waals surface area contributed by atoms with E-state index in [0.717, 1.165) is 22.5 Å². The summed E-state index contributed by atoms with van der Waals surface area (Å²) in [5, 5.41) is 11.3. The van der Waals surface area contributed by atoms with E-state index >= 15 is 0 Å². The second kappa shape index (κ2) is 9.07. The quantitative estimate of drug-likeness (QED) is 0.266. The molecule has 7 nitrogen and oxygen atoms in total. The van der Waals surface area contributed by atoms with Crippen LogP contribution in [-0.4, -0.2) is 16.0 Å². The van der Waals surface area contributed by atoms with Gasteiger partial charge in [0.25, 0.3) is 5.91 Å². The van der Waals surface area contributed by atoms with E-state index in [1.807, 2.05) is 62.4 Å². The molecule has 1 saturated heterocycles. The van der Waals surface area contributed by atoms with Crippen LogP contribution in [0.15, 0.2) is 87.1 Å². The van der Waals surface area contributed by atoms with Gasteiger partial charge in [-0.3, -0.25) is 19.8 Å². The van der Waals surface area contributed by atoms with Gasteiger partial charge >= 0.3 is 5.88 Å². The van der Waals surface area contributed by atoms with Gasteiger partial charge in [0, 0.05) is 0 Å². The number of carbonyl (C=O) groups is 1. The molecule has 160 valence electrons. The minimum atomic E-state index is -0.597. The maximum absolute atomic E-state index is 13.3. The highest BCUT2D eigenvalue weighted by Gasteiger charge is 2.35. The summed E-state index contributed by atoms with van der Waals surface area (Å²) in [4.78, 5) is 30.3. The van der Waals surface area contributed by atoms with Gasteiger partial charge in [-0.2, -0.15) is 0 Å². The lowest BCUT2D eigenvalue weighted by Crippen LogP contribution is -2.29. The van der Waals surface area contributed by atoms with Crippen molar-refractivity contribution in [2.45, 2.75) is 13.8 Å². The molecule has 0 unspecified atom stereocenters. The maximum Gasteiger partial charge on any atom is 0.433 e. The number of nitro groups is 1. The van der Waals surface area contributed by atoms with Crippen LogP contribution in [0.5, 0.6) is 0 Å². The van der Waals surface area contributed by atoms with Crippen LogP contribution in [0.2, 0.25) is 0 Å². The number of anilines is 1. The van der Waals surface area contributed by atoms with Gasteiger partial charge < -0.3 is 4.42 Å². The number of aryl methyl sites for hydroxylation is 2. The van der Waals surface area contributed by atoms with Crippen LogP contribution in [0, 0.1) is 24.0 Å². The van der Waals surface area contributed by atoms with Crippen LogP contribution in [0.25, 0.3) is 6.08 Å². The number of nitrogens with zero attached hydrogens (tertiary/aromatic N) is 3. The van der Waals surface area contributed by atoms with Gasteiger partial charge in [0.05, 0.1) is 22.3 Å². The number of hydrogen-bond donors (Lipinski definition) is 0. The zero-order valence-electron chi connectivity index (χ0n) is 17.4. The van der Waals surface area contributed by atoms with E-state index in [9.17, 15) is 14.9 Å². The molecule has 0 atom stereocenters. The van der Waals surface area contributed by atoms with Crippen molar-refractivity contribution in [1.29, 1.82) is 0 Å². The predicted octanol–water partition coefficient (Wildman–Crippen LogP) is 6.17. The predicted molar refractivity (Wildman–Crippen MR) is 127 cm³/mol. The Balaban J connectivity index is 1.69. The molecule has 1 amide bonds. The van der Waals surface area contributed by atoms with Gasteiger partial charge in [-0.05, 0) is 67.1 Å². The molecule has 32 heavy (non-hydrogen) atoms. The first-order chi connectivity index (χ1) is 15.4. The lowest BCUT2D eigenvalue weighted by molar-refractivity contribution is -0.402. The third kappa shape index (κ3) is 4.40. The fraction of sp³-hybridized carbons (Fsp3) is 0.0833. The lowest BCUT2D eigenvalue weighted by atomic mass is 10.2. The Morgan fingerprint density at radius 2 is 1.75 bits per heavy atom. The highest BCUT2D eigenvalue weighted by Crippen LogP contribution is 2.38. The Morgan fingerprint density at radius 1 is 1.03 bits per heavy atom. The average molecular weight is 446 g/mol. The number of carbonyl (C=O) groups excluding carboxylic acids is 1. The van der Waals surface area contributed by atoms with E-state index in [0.29, 0.717) is 15.8 Å². The van der Waals surface area contributed by atoms with E-state index in [4.69, 9.17) is 9.41 Å². The number of furan rings is 1. The van der Waals surface area contributed by atoms with Gasteiger partial charge in [0.15, 0.2) is 5.17 Å². The summed E-state index contributed by atoms with van der Waals surface area (Å²) in [5.41, 5.74) is 3.53. The molecule has 8 heteroatoms. The first-order valence-electron chi connectivity index (χ1n) is 9.79. The van der Waals surface area contributed by atoms with E-state index in [1.54, 1.807) is 23.1 Å². The number of benzene rings is 2. The highest BCUT2D eigenvalue weighted by atomic mass is 32.2. The Hall–Kier alpha value is -3.91. The summed E-state index contributed by atoms with van der Waals surface area (Å²) in [6.07, 6.45) is 4.87. The molecule has 0 saturated carbocycles. The van der Waals surface area contributed by atoms with Gasteiger partial charge in [-0.1, -0.05) is 42.5 Å². The number of thioether (sulfide) groups is 1. The van der Waals surface area contributed by atoms with E-state index in [-0.39, 0.29) is 11.8 Å². The van der Waals surface area contributed by atoms with Crippen LogP contribution in [0.4, 0.5) is 17.3 Å². The number of aliphatic imine (C=N–C) groups is 1. The minimum absolute atomic E-state index is 0.188. The van der Waals surface area contributed by atoms with Crippen molar-refractivity contribution >= 4 is 46.2 Å². The van der Waals surface area contributed by atoms with E-state index < -0.39 is 4.92 Å². The fourth-order valence-corrected chi connectivity index (χ4v) is 4.08. The Morgan fingerprint density at radius 3 is 2.44 bits per heavy atom. The summed E-state index contributed by atoms with van der Waals surface area (Å²) in [6, 6.07) is 18.2. The molecular weight excluding hydrogens is 426 g/mol. The van der Waals surface area contributed by atoms with Gasteiger partial charge in [-0.25, -0.2) is 4.99 Å². The molecular formula is C24H19N3O4S. The van der Waals surface area contributed by atoms with Gasteiger partial charge in [-0.15, -0.1) is 0 Å². The number of hydrogen-bond acceptors (Lipinski definition) is 6. The number of amidine groups is 1. The zero-order valence-corrected chi connectivity index (χ0v) is 18.2. The molecule has 1 fully saturated rings. The topological polar surface area (TPSA) is 89.0 Å². The van der Waals surface area contributed by atoms with Crippen molar-refractivity contribution < 1.29 is 14.1 Å². The van der Waals surface area contributed by atoms with E-state index in [2.05, 4.69) is 0 Å². The molecule has 3 aromatic rings. The Bertz CT molecular complexity index is 1290. The second-order valence-corrected chi connectivity index (χ2v) is 8.04. The highest BCUT2D eigenvalue weighted by molar-refractivity contribution is 8.19. The molecule has 0 bridgehead atoms. The molecule has 2 aromatic carbocycles. The maximum atomic E-state index is 13.3. The largest absolute Gasteiger partial charge is 0.433 e. The van der Waals surface area contributed by atoms with Crippen molar-refractivity contribution in [2.75, 3.05) is 4.90 Å². The van der Waals surface area contributed by atoms with Crippen molar-refractivity contribution in [2.24, 2.45) is 4.99 Å². The van der Waals surface area contributed by atoms with Crippen LogP contribution in [0.3, 0.4) is 0 Å². The SMILES string of the molecule is Cc1ccccc1N=C1S/C(=C\C=C\c2ccc([N+](=O)[O-])o2)C(=O)N1c1ccccc1C. The summed E-state index contributed by atoms with van der Waals surface area (Å²) in [6.45, 7) is 3.92. The smallest absolute Gasteiger partial charge is 0.401 e. The van der Waals surface area contributed by atoms with Gasteiger partial charge in [0.1, 0.15) is 10.7 Å². The van der Waals surface area contributed by atoms with E-state index in [1.165, 1.54) is 23.9 Å². The third-order valence-corrected chi connectivity index (χ3v) is 5.78. The minimum Gasteiger partial charge on any atom is -0.401 e. The third-order valence-electron chi connectivity index (χ3n) is 4.79. The molecule has 1 aliphatic rings. The van der Waals surface area contributed by atoms with Gasteiger partial charge in [0.2, 0.25) is 0 Å². The summed E-state index contributed by atoms with van der Waals surface area (Å²) >= 11 is 1.28. The lowest BCUT2D eigenvalue weighted by Gasteiger charge is -2.18. The number of amides is 1. The Kier molecular flexibility index (Phi) is 6.04. The zero-order chi connectivity index (χ0) is 22.7. The molecule has 1 aromatic heterocycles. The Labute approximate surface area is 188 Å². The van der Waals surface area contributed by atoms with Crippen LogP contribution in [0.1, 0.15) is 16.9 Å². The van der Waals surface area contributed by atoms with Crippen molar-refractivity contribution in [3.63, 3.8) is 0 Å². The summed E-state index contributed by atoms with van der Waals surface area (Å²) in [7, 11) is 0. The number of rotatable bonds is 5. The monoisotopic (exact) mass is 445 g/mol. The first kappa shape index (κ1) is 21.3. The number of allylic oxidation sites excluding steroid dienone is 2. The van der Waals surface area contributed by atoms with Crippen molar-refractivity contribution in [1.82, 2.24) is 0 Å². The first-order valence-corrected chi connectivity index (χ1v) is 10.6. The molecule has 0 radical (unpaired) electrons. The second-order valence-electron chi connectivity index (χ2n) is 7.03. The normalized spacial score (nSPS) is 16.6.